The number of hydrogen-bond donors (Lipinski definition) is 2. The molecule has 1 amide bonds. The zero-order valence-electron chi connectivity index (χ0n) is 13.1. The van der Waals surface area contributed by atoms with E-state index in [2.05, 4.69) is 22.5 Å². The number of aromatic nitrogens is 1. The summed E-state index contributed by atoms with van der Waals surface area (Å²) in [4.78, 5) is 16.6. The molecule has 0 radical (unpaired) electrons. The number of hydrogen-bond acceptors (Lipinski definition) is 3. The molecule has 1 aliphatic rings. The lowest BCUT2D eigenvalue weighted by Crippen LogP contribution is -2.46. The Morgan fingerprint density at radius 2 is 2.22 bits per heavy atom. The number of pyridine rings is 1. The number of amides is 1. The van der Waals surface area contributed by atoms with Crippen LogP contribution in [0.5, 0.6) is 0 Å². The van der Waals surface area contributed by atoms with E-state index in [1.807, 2.05) is 0 Å². The van der Waals surface area contributed by atoms with Gasteiger partial charge in [0.05, 0.1) is 11.3 Å². The molecule has 2 atom stereocenters. The van der Waals surface area contributed by atoms with Crippen molar-refractivity contribution >= 4 is 5.91 Å². The SMILES string of the molecule is C[C@H]1C[C@@H](NC(=O)c2ccc(-c3cccc(F)c3)nc2)CCN1. The smallest absolute Gasteiger partial charge is 0.253 e. The lowest BCUT2D eigenvalue weighted by Gasteiger charge is -2.28. The molecule has 0 unspecified atom stereocenters. The molecule has 1 aliphatic heterocycles. The fraction of sp³-hybridized carbons (Fsp3) is 0.333. The topological polar surface area (TPSA) is 54.0 Å². The van der Waals surface area contributed by atoms with E-state index in [0.29, 0.717) is 22.9 Å². The molecule has 0 saturated carbocycles. The average Bonchev–Trinajstić information content (AvgIpc) is 2.55. The van der Waals surface area contributed by atoms with Crippen LogP contribution < -0.4 is 10.6 Å². The van der Waals surface area contributed by atoms with Crippen molar-refractivity contribution < 1.29 is 9.18 Å². The van der Waals surface area contributed by atoms with Crippen LogP contribution in [0.15, 0.2) is 42.6 Å². The van der Waals surface area contributed by atoms with E-state index in [-0.39, 0.29) is 17.8 Å². The molecule has 1 aromatic heterocycles. The molecule has 1 fully saturated rings. The minimum absolute atomic E-state index is 0.109. The Kier molecular flexibility index (Phi) is 4.67. The van der Waals surface area contributed by atoms with Gasteiger partial charge in [0.25, 0.3) is 5.91 Å². The molecule has 23 heavy (non-hydrogen) atoms. The molecule has 0 aliphatic carbocycles. The van der Waals surface area contributed by atoms with Crippen molar-refractivity contribution in [3.8, 4) is 11.3 Å². The minimum Gasteiger partial charge on any atom is -0.349 e. The van der Waals surface area contributed by atoms with Gasteiger partial charge in [-0.15, -0.1) is 0 Å². The Labute approximate surface area is 135 Å². The summed E-state index contributed by atoms with van der Waals surface area (Å²) in [7, 11) is 0. The second-order valence-electron chi connectivity index (χ2n) is 5.99. The fourth-order valence-electron chi connectivity index (χ4n) is 2.88. The van der Waals surface area contributed by atoms with Gasteiger partial charge in [-0.05, 0) is 50.6 Å². The number of nitrogens with one attached hydrogen (secondary N) is 2. The molecular weight excluding hydrogens is 293 g/mol. The zero-order valence-corrected chi connectivity index (χ0v) is 13.1. The van der Waals surface area contributed by atoms with Gasteiger partial charge in [-0.25, -0.2) is 4.39 Å². The summed E-state index contributed by atoms with van der Waals surface area (Å²) in [5.74, 6) is -0.409. The molecule has 2 heterocycles. The Hall–Kier alpha value is -2.27. The summed E-state index contributed by atoms with van der Waals surface area (Å²) in [5, 5.41) is 6.42. The van der Waals surface area contributed by atoms with E-state index in [1.54, 1.807) is 30.5 Å². The predicted molar refractivity (Wildman–Crippen MR) is 87.6 cm³/mol. The third-order valence-corrected chi connectivity index (χ3v) is 4.10. The first-order valence-corrected chi connectivity index (χ1v) is 7.88. The summed E-state index contributed by atoms with van der Waals surface area (Å²) in [6.07, 6.45) is 3.41. The van der Waals surface area contributed by atoms with Gasteiger partial charge < -0.3 is 10.6 Å². The predicted octanol–water partition coefficient (Wildman–Crippen LogP) is 2.76. The van der Waals surface area contributed by atoms with Crippen LogP contribution in [-0.2, 0) is 0 Å². The van der Waals surface area contributed by atoms with Crippen LogP contribution in [0, 0.1) is 5.82 Å². The van der Waals surface area contributed by atoms with E-state index >= 15 is 0 Å². The molecule has 2 N–H and O–H groups in total. The highest BCUT2D eigenvalue weighted by Crippen LogP contribution is 2.18. The Morgan fingerprint density at radius 3 is 2.91 bits per heavy atom. The fourth-order valence-corrected chi connectivity index (χ4v) is 2.88. The first-order valence-electron chi connectivity index (χ1n) is 7.88. The summed E-state index contributed by atoms with van der Waals surface area (Å²) >= 11 is 0. The minimum atomic E-state index is -0.300. The number of halogens is 1. The third-order valence-electron chi connectivity index (χ3n) is 4.10. The van der Waals surface area contributed by atoms with E-state index in [0.717, 1.165) is 19.4 Å². The first kappa shape index (κ1) is 15.6. The van der Waals surface area contributed by atoms with Gasteiger partial charge in [-0.3, -0.25) is 9.78 Å². The highest BCUT2D eigenvalue weighted by Gasteiger charge is 2.20. The summed E-state index contributed by atoms with van der Waals surface area (Å²) in [5.41, 5.74) is 1.87. The summed E-state index contributed by atoms with van der Waals surface area (Å²) in [6, 6.07) is 10.3. The van der Waals surface area contributed by atoms with Gasteiger partial charge >= 0.3 is 0 Å². The largest absolute Gasteiger partial charge is 0.349 e. The second-order valence-corrected chi connectivity index (χ2v) is 5.99. The number of nitrogens with zero attached hydrogens (tertiary/aromatic N) is 1. The number of piperidine rings is 1. The lowest BCUT2D eigenvalue weighted by atomic mass is 10.0. The van der Waals surface area contributed by atoms with Gasteiger partial charge in [-0.1, -0.05) is 12.1 Å². The van der Waals surface area contributed by atoms with Crippen molar-refractivity contribution in [3.63, 3.8) is 0 Å². The number of benzene rings is 1. The molecular formula is C18H20FN3O. The number of carbonyl (C=O) groups excluding carboxylic acids is 1. The van der Waals surface area contributed by atoms with Crippen molar-refractivity contribution in [2.45, 2.75) is 31.8 Å². The summed E-state index contributed by atoms with van der Waals surface area (Å²) in [6.45, 7) is 3.04. The van der Waals surface area contributed by atoms with E-state index in [9.17, 15) is 9.18 Å². The maximum Gasteiger partial charge on any atom is 0.253 e. The quantitative estimate of drug-likeness (QED) is 0.916. The monoisotopic (exact) mass is 313 g/mol. The Bertz CT molecular complexity index is 687. The molecule has 0 bridgehead atoms. The first-order chi connectivity index (χ1) is 11.1. The Morgan fingerprint density at radius 1 is 1.35 bits per heavy atom. The molecule has 5 heteroatoms. The highest BCUT2D eigenvalue weighted by molar-refractivity contribution is 5.94. The van der Waals surface area contributed by atoms with Crippen LogP contribution in [-0.4, -0.2) is 29.5 Å². The normalized spacial score (nSPS) is 21.0. The Balaban J connectivity index is 1.68. The standard InChI is InChI=1S/C18H20FN3O/c1-12-9-16(7-8-20-12)22-18(23)14-5-6-17(21-11-14)13-3-2-4-15(19)10-13/h2-6,10-12,16,20H,7-9H2,1H3,(H,22,23)/t12-,16-/m0/s1. The van der Waals surface area contributed by atoms with Crippen LogP contribution in [0.4, 0.5) is 4.39 Å². The second kappa shape index (κ2) is 6.87. The van der Waals surface area contributed by atoms with Gasteiger partial charge in [0.2, 0.25) is 0 Å². The van der Waals surface area contributed by atoms with Gasteiger partial charge in [0.1, 0.15) is 5.82 Å². The van der Waals surface area contributed by atoms with Crippen molar-refractivity contribution in [2.75, 3.05) is 6.54 Å². The van der Waals surface area contributed by atoms with E-state index in [1.165, 1.54) is 12.1 Å². The van der Waals surface area contributed by atoms with Crippen molar-refractivity contribution in [3.05, 3.63) is 54.0 Å². The molecule has 120 valence electrons. The van der Waals surface area contributed by atoms with Crippen molar-refractivity contribution in [1.29, 1.82) is 0 Å². The van der Waals surface area contributed by atoms with Crippen LogP contribution in [0.3, 0.4) is 0 Å². The molecule has 0 spiro atoms. The maximum absolute atomic E-state index is 13.3. The maximum atomic E-state index is 13.3. The molecule has 2 aromatic rings. The van der Waals surface area contributed by atoms with Gasteiger partial charge in [0.15, 0.2) is 0 Å². The molecule has 1 aromatic carbocycles. The molecule has 3 rings (SSSR count). The van der Waals surface area contributed by atoms with Crippen molar-refractivity contribution in [1.82, 2.24) is 15.6 Å². The van der Waals surface area contributed by atoms with Gasteiger partial charge in [-0.2, -0.15) is 0 Å². The number of carbonyl (C=O) groups is 1. The van der Waals surface area contributed by atoms with E-state index < -0.39 is 0 Å². The average molecular weight is 313 g/mol. The number of rotatable bonds is 3. The lowest BCUT2D eigenvalue weighted by molar-refractivity contribution is 0.0925. The van der Waals surface area contributed by atoms with Crippen LogP contribution in [0.2, 0.25) is 0 Å². The molecule has 4 nitrogen and oxygen atoms in total. The highest BCUT2D eigenvalue weighted by atomic mass is 19.1. The third kappa shape index (κ3) is 3.93. The van der Waals surface area contributed by atoms with E-state index in [4.69, 9.17) is 0 Å². The summed E-state index contributed by atoms with van der Waals surface area (Å²) < 4.78 is 13.3. The van der Waals surface area contributed by atoms with Crippen LogP contribution in [0.1, 0.15) is 30.1 Å². The molecule has 1 saturated heterocycles. The van der Waals surface area contributed by atoms with Crippen LogP contribution in [0.25, 0.3) is 11.3 Å². The van der Waals surface area contributed by atoms with Crippen molar-refractivity contribution in [2.24, 2.45) is 0 Å². The zero-order chi connectivity index (χ0) is 16.2. The van der Waals surface area contributed by atoms with Gasteiger partial charge in [0, 0.05) is 23.8 Å². The van der Waals surface area contributed by atoms with Crippen LogP contribution >= 0.6 is 0 Å².